The molecule has 0 bridgehead atoms. The van der Waals surface area contributed by atoms with Gasteiger partial charge >= 0.3 is 0 Å². The number of fused-ring (bicyclic) bond motifs is 1. The molecule has 0 aliphatic rings. The number of pyridine rings is 1. The highest BCUT2D eigenvalue weighted by atomic mass is 16.5. The van der Waals surface area contributed by atoms with Crippen molar-refractivity contribution >= 4 is 17.4 Å². The number of benzene rings is 1. The molecule has 9 heteroatoms. The number of hydrogen-bond donors (Lipinski definition) is 3. The molecule has 0 saturated heterocycles. The molecule has 1 atom stereocenters. The van der Waals surface area contributed by atoms with Crippen molar-refractivity contribution in [1.29, 1.82) is 0 Å². The quantitative estimate of drug-likeness (QED) is 0.409. The van der Waals surface area contributed by atoms with Gasteiger partial charge in [0.1, 0.15) is 24.3 Å². The summed E-state index contributed by atoms with van der Waals surface area (Å²) in [6.07, 6.45) is 0.478. The van der Waals surface area contributed by atoms with Gasteiger partial charge < -0.3 is 20.3 Å². The Morgan fingerprint density at radius 3 is 2.78 bits per heavy atom. The second-order valence-corrected chi connectivity index (χ2v) is 7.40. The standard InChI is InChI=1S/C23H23N5O4/c1-14-9-15(2)25-21(10-14)26-23(31)19-11-24-22-8-7-18(27-28(19)22)17-5-3-4-6-20(17)32-13-16(30)12-29/h3-11,16,29-30H,12-13H2,1-2H3,(H,25,26,31). The van der Waals surface area contributed by atoms with Crippen LogP contribution in [0.4, 0.5) is 5.82 Å². The van der Waals surface area contributed by atoms with Crippen molar-refractivity contribution < 1.29 is 19.7 Å². The molecule has 1 unspecified atom stereocenters. The first-order valence-corrected chi connectivity index (χ1v) is 10.1. The number of rotatable bonds is 7. The Bertz CT molecular complexity index is 1250. The maximum atomic E-state index is 12.9. The first-order chi connectivity index (χ1) is 15.4. The van der Waals surface area contributed by atoms with E-state index in [4.69, 9.17) is 9.84 Å². The van der Waals surface area contributed by atoms with E-state index in [1.807, 2.05) is 32.0 Å². The minimum absolute atomic E-state index is 0.0581. The number of aromatic nitrogens is 4. The molecule has 3 N–H and O–H groups in total. The van der Waals surface area contributed by atoms with Crippen molar-refractivity contribution in [2.24, 2.45) is 0 Å². The van der Waals surface area contributed by atoms with Crippen LogP contribution < -0.4 is 10.1 Å². The Balaban J connectivity index is 1.66. The molecule has 3 heterocycles. The van der Waals surface area contributed by atoms with E-state index < -0.39 is 12.7 Å². The van der Waals surface area contributed by atoms with Gasteiger partial charge in [0, 0.05) is 11.3 Å². The van der Waals surface area contributed by atoms with Crippen LogP contribution in [-0.2, 0) is 0 Å². The van der Waals surface area contributed by atoms with Crippen LogP contribution in [0.15, 0.2) is 54.7 Å². The summed E-state index contributed by atoms with van der Waals surface area (Å²) in [6, 6.07) is 14.5. The molecule has 32 heavy (non-hydrogen) atoms. The lowest BCUT2D eigenvalue weighted by molar-refractivity contribution is 0.0538. The monoisotopic (exact) mass is 433 g/mol. The fourth-order valence-corrected chi connectivity index (χ4v) is 3.30. The molecule has 0 radical (unpaired) electrons. The molecule has 1 amide bonds. The third-order valence-electron chi connectivity index (χ3n) is 4.74. The zero-order valence-corrected chi connectivity index (χ0v) is 17.7. The van der Waals surface area contributed by atoms with Crippen molar-refractivity contribution in [2.45, 2.75) is 20.0 Å². The first-order valence-electron chi connectivity index (χ1n) is 10.1. The van der Waals surface area contributed by atoms with Crippen LogP contribution in [0.5, 0.6) is 5.75 Å². The third-order valence-corrected chi connectivity index (χ3v) is 4.74. The predicted molar refractivity (Wildman–Crippen MR) is 119 cm³/mol. The van der Waals surface area contributed by atoms with Crippen LogP contribution in [-0.4, -0.2) is 55.0 Å². The van der Waals surface area contributed by atoms with Crippen LogP contribution in [0.1, 0.15) is 21.7 Å². The Hall–Kier alpha value is -3.82. The van der Waals surface area contributed by atoms with Crippen LogP contribution in [0, 0.1) is 13.8 Å². The average molecular weight is 433 g/mol. The van der Waals surface area contributed by atoms with Crippen LogP contribution in [0.25, 0.3) is 16.9 Å². The van der Waals surface area contributed by atoms with Gasteiger partial charge in [-0.25, -0.2) is 14.5 Å². The second-order valence-electron chi connectivity index (χ2n) is 7.40. The van der Waals surface area contributed by atoms with E-state index in [0.29, 0.717) is 28.5 Å². The molecular formula is C23H23N5O4. The number of ether oxygens (including phenoxy) is 1. The van der Waals surface area contributed by atoms with Gasteiger partial charge in [0.25, 0.3) is 5.91 Å². The summed E-state index contributed by atoms with van der Waals surface area (Å²) < 4.78 is 7.12. The summed E-state index contributed by atoms with van der Waals surface area (Å²) in [4.78, 5) is 21.5. The number of anilines is 1. The number of amides is 1. The summed E-state index contributed by atoms with van der Waals surface area (Å²) in [5, 5.41) is 26.0. The lowest BCUT2D eigenvalue weighted by Crippen LogP contribution is -2.21. The van der Waals surface area contributed by atoms with E-state index in [-0.39, 0.29) is 18.2 Å². The van der Waals surface area contributed by atoms with Gasteiger partial charge in [0.15, 0.2) is 11.3 Å². The van der Waals surface area contributed by atoms with E-state index in [9.17, 15) is 9.90 Å². The molecular weight excluding hydrogens is 410 g/mol. The van der Waals surface area contributed by atoms with Gasteiger partial charge in [-0.05, 0) is 55.8 Å². The molecule has 0 spiro atoms. The Morgan fingerprint density at radius 1 is 1.19 bits per heavy atom. The fourth-order valence-electron chi connectivity index (χ4n) is 3.30. The van der Waals surface area contributed by atoms with Crippen molar-refractivity contribution in [2.75, 3.05) is 18.5 Å². The molecule has 0 aliphatic carbocycles. The van der Waals surface area contributed by atoms with Crippen molar-refractivity contribution in [3.8, 4) is 17.0 Å². The first kappa shape index (κ1) is 21.4. The Kier molecular flexibility index (Phi) is 6.11. The zero-order valence-electron chi connectivity index (χ0n) is 17.7. The number of para-hydroxylation sites is 1. The summed E-state index contributed by atoms with van der Waals surface area (Å²) in [5.74, 6) is 0.576. The number of hydrogen-bond acceptors (Lipinski definition) is 7. The Labute approximate surface area is 184 Å². The minimum Gasteiger partial charge on any atom is -0.490 e. The topological polar surface area (TPSA) is 122 Å². The molecule has 4 rings (SSSR count). The predicted octanol–water partition coefficient (Wildman–Crippen LogP) is 2.39. The number of nitrogens with zero attached hydrogens (tertiary/aromatic N) is 4. The number of imidazole rings is 1. The largest absolute Gasteiger partial charge is 0.490 e. The van der Waals surface area contributed by atoms with E-state index in [1.165, 1.54) is 10.7 Å². The van der Waals surface area contributed by atoms with Crippen LogP contribution in [0.2, 0.25) is 0 Å². The smallest absolute Gasteiger partial charge is 0.277 e. The number of aliphatic hydroxyl groups is 2. The van der Waals surface area contributed by atoms with Gasteiger partial charge in [-0.15, -0.1) is 0 Å². The summed E-state index contributed by atoms with van der Waals surface area (Å²) in [7, 11) is 0. The molecule has 164 valence electrons. The molecule has 3 aromatic heterocycles. The van der Waals surface area contributed by atoms with E-state index in [1.54, 1.807) is 30.3 Å². The number of aliphatic hydroxyl groups excluding tert-OH is 2. The number of carbonyl (C=O) groups is 1. The van der Waals surface area contributed by atoms with Crippen molar-refractivity contribution in [3.05, 3.63) is 71.7 Å². The van der Waals surface area contributed by atoms with Gasteiger partial charge in [-0.2, -0.15) is 5.10 Å². The SMILES string of the molecule is Cc1cc(C)nc(NC(=O)c2cnc3ccc(-c4ccccc4OCC(O)CO)nn23)c1. The average Bonchev–Trinajstić information content (AvgIpc) is 3.20. The zero-order chi connectivity index (χ0) is 22.7. The molecule has 4 aromatic rings. The maximum absolute atomic E-state index is 12.9. The van der Waals surface area contributed by atoms with Gasteiger partial charge in [-0.1, -0.05) is 12.1 Å². The molecule has 9 nitrogen and oxygen atoms in total. The van der Waals surface area contributed by atoms with E-state index >= 15 is 0 Å². The molecule has 1 aromatic carbocycles. The van der Waals surface area contributed by atoms with Crippen LogP contribution in [0.3, 0.4) is 0 Å². The second kappa shape index (κ2) is 9.13. The highest BCUT2D eigenvalue weighted by molar-refractivity contribution is 6.02. The molecule has 0 aliphatic heterocycles. The van der Waals surface area contributed by atoms with Crippen molar-refractivity contribution in [1.82, 2.24) is 19.6 Å². The fraction of sp³-hybridized carbons (Fsp3) is 0.217. The minimum atomic E-state index is -0.985. The highest BCUT2D eigenvalue weighted by Crippen LogP contribution is 2.28. The van der Waals surface area contributed by atoms with Gasteiger partial charge in [-0.3, -0.25) is 4.79 Å². The summed E-state index contributed by atoms with van der Waals surface area (Å²) in [6.45, 7) is 3.35. The number of nitrogens with one attached hydrogen (secondary N) is 1. The summed E-state index contributed by atoms with van der Waals surface area (Å²) in [5.41, 5.74) is 3.81. The lowest BCUT2D eigenvalue weighted by Gasteiger charge is -2.13. The van der Waals surface area contributed by atoms with Crippen LogP contribution >= 0.6 is 0 Å². The number of aryl methyl sites for hydroxylation is 2. The van der Waals surface area contributed by atoms with Crippen molar-refractivity contribution in [3.63, 3.8) is 0 Å². The third kappa shape index (κ3) is 4.58. The normalized spacial score (nSPS) is 12.0. The highest BCUT2D eigenvalue weighted by Gasteiger charge is 2.17. The van der Waals surface area contributed by atoms with Gasteiger partial charge in [0.05, 0.1) is 18.5 Å². The van der Waals surface area contributed by atoms with Gasteiger partial charge in [0.2, 0.25) is 0 Å². The maximum Gasteiger partial charge on any atom is 0.277 e. The molecule has 0 saturated carbocycles. The van der Waals surface area contributed by atoms with E-state index in [0.717, 1.165) is 11.3 Å². The van der Waals surface area contributed by atoms with E-state index in [2.05, 4.69) is 20.4 Å². The summed E-state index contributed by atoms with van der Waals surface area (Å²) >= 11 is 0. The number of carbonyl (C=O) groups excluding carboxylic acids is 1. The molecule has 0 fully saturated rings. The Morgan fingerprint density at radius 2 is 2.00 bits per heavy atom. The lowest BCUT2D eigenvalue weighted by atomic mass is 10.1.